The quantitative estimate of drug-likeness (QED) is 0.649. The first-order valence-corrected chi connectivity index (χ1v) is 5.12. The second-order valence-electron chi connectivity index (χ2n) is 3.35. The third-order valence-electron chi connectivity index (χ3n) is 2.01. The maximum Gasteiger partial charge on any atom is 0.316 e. The van der Waals surface area contributed by atoms with Crippen LogP contribution in [0.1, 0.15) is 19.8 Å². The summed E-state index contributed by atoms with van der Waals surface area (Å²) in [7, 11) is 0. The third kappa shape index (κ3) is 4.35. The summed E-state index contributed by atoms with van der Waals surface area (Å²) < 4.78 is 0. The van der Waals surface area contributed by atoms with Gasteiger partial charge in [0.1, 0.15) is 0 Å². The first-order chi connectivity index (χ1) is 7.22. The molecule has 0 radical (unpaired) electrons. The largest absolute Gasteiger partial charge is 0.385 e. The minimum absolute atomic E-state index is 0.540. The van der Waals surface area contributed by atoms with Crippen molar-refractivity contribution in [1.82, 2.24) is 0 Å². The molecule has 4 nitrogen and oxygen atoms in total. The second-order valence-corrected chi connectivity index (χ2v) is 3.35. The van der Waals surface area contributed by atoms with Crippen molar-refractivity contribution in [3.8, 4) is 0 Å². The lowest BCUT2D eigenvalue weighted by Gasteiger charge is -2.06. The molecule has 1 rings (SSSR count). The second kappa shape index (κ2) is 5.90. The molecule has 2 amide bonds. The van der Waals surface area contributed by atoms with Crippen molar-refractivity contribution in [1.29, 1.82) is 0 Å². The molecule has 0 fully saturated rings. The lowest BCUT2D eigenvalue weighted by Crippen LogP contribution is -2.19. The van der Waals surface area contributed by atoms with Crippen molar-refractivity contribution in [3.05, 3.63) is 24.3 Å². The van der Waals surface area contributed by atoms with E-state index < -0.39 is 6.03 Å². The highest BCUT2D eigenvalue weighted by molar-refractivity contribution is 5.87. The monoisotopic (exact) mass is 207 g/mol. The topological polar surface area (TPSA) is 67.2 Å². The number of unbranched alkanes of at least 4 members (excludes halogenated alkanes) is 1. The molecule has 0 aliphatic rings. The number of amides is 2. The normalized spacial score (nSPS) is 9.67. The highest BCUT2D eigenvalue weighted by Crippen LogP contribution is 2.13. The highest BCUT2D eigenvalue weighted by atomic mass is 16.2. The van der Waals surface area contributed by atoms with Crippen LogP contribution >= 0.6 is 0 Å². The Labute approximate surface area is 89.9 Å². The number of nitrogens with two attached hydrogens (primary N) is 1. The summed E-state index contributed by atoms with van der Waals surface area (Å²) >= 11 is 0. The van der Waals surface area contributed by atoms with E-state index in [1.165, 1.54) is 6.42 Å². The summed E-state index contributed by atoms with van der Waals surface area (Å²) in [6, 6.07) is 6.93. The van der Waals surface area contributed by atoms with E-state index in [1.54, 1.807) is 0 Å². The smallest absolute Gasteiger partial charge is 0.316 e. The molecule has 0 unspecified atom stereocenters. The molecule has 0 saturated carbocycles. The van der Waals surface area contributed by atoms with Gasteiger partial charge in [-0.25, -0.2) is 4.79 Å². The summed E-state index contributed by atoms with van der Waals surface area (Å²) in [4.78, 5) is 10.6. The average molecular weight is 207 g/mol. The summed E-state index contributed by atoms with van der Waals surface area (Å²) in [5, 5.41) is 5.79. The number of benzene rings is 1. The van der Waals surface area contributed by atoms with E-state index in [-0.39, 0.29) is 0 Å². The molecule has 1 aromatic carbocycles. The van der Waals surface area contributed by atoms with E-state index in [4.69, 9.17) is 5.73 Å². The Hall–Kier alpha value is -1.71. The van der Waals surface area contributed by atoms with Gasteiger partial charge in [0.2, 0.25) is 0 Å². The van der Waals surface area contributed by atoms with E-state index in [0.29, 0.717) is 5.69 Å². The van der Waals surface area contributed by atoms with E-state index in [9.17, 15) is 4.79 Å². The Morgan fingerprint density at radius 1 is 1.27 bits per heavy atom. The predicted octanol–water partition coefficient (Wildman–Crippen LogP) is 2.39. The molecule has 1 aromatic rings. The fourth-order valence-corrected chi connectivity index (χ4v) is 1.22. The van der Waals surface area contributed by atoms with Crippen LogP contribution in [-0.4, -0.2) is 12.6 Å². The summed E-state index contributed by atoms with van der Waals surface area (Å²) in [5.74, 6) is 0. The molecular formula is C11H17N3O. The van der Waals surface area contributed by atoms with Crippen LogP contribution in [0, 0.1) is 0 Å². The fourth-order valence-electron chi connectivity index (χ4n) is 1.22. The van der Waals surface area contributed by atoms with Crippen molar-refractivity contribution < 1.29 is 4.79 Å². The zero-order chi connectivity index (χ0) is 11.1. The van der Waals surface area contributed by atoms with Gasteiger partial charge in [0.25, 0.3) is 0 Å². The molecule has 82 valence electrons. The van der Waals surface area contributed by atoms with Gasteiger partial charge < -0.3 is 16.4 Å². The molecule has 0 spiro atoms. The predicted molar refractivity (Wildman–Crippen MR) is 63.0 cm³/mol. The number of hydrogen-bond donors (Lipinski definition) is 3. The number of carbonyl (C=O) groups excluding carboxylic acids is 1. The first kappa shape index (κ1) is 11.4. The average Bonchev–Trinajstić information content (AvgIpc) is 2.20. The summed E-state index contributed by atoms with van der Waals surface area (Å²) in [5.41, 5.74) is 6.76. The number of primary amides is 1. The van der Waals surface area contributed by atoms with Gasteiger partial charge in [-0.15, -0.1) is 0 Å². The van der Waals surface area contributed by atoms with Crippen LogP contribution in [0.15, 0.2) is 24.3 Å². The van der Waals surface area contributed by atoms with Crippen molar-refractivity contribution in [3.63, 3.8) is 0 Å². The van der Waals surface area contributed by atoms with Crippen molar-refractivity contribution >= 4 is 17.4 Å². The molecule has 0 atom stereocenters. The molecular weight excluding hydrogens is 190 g/mol. The lowest BCUT2D eigenvalue weighted by molar-refractivity contribution is 0.259. The van der Waals surface area contributed by atoms with Crippen LogP contribution in [0.5, 0.6) is 0 Å². The van der Waals surface area contributed by atoms with E-state index >= 15 is 0 Å². The minimum Gasteiger partial charge on any atom is -0.385 e. The Bertz CT molecular complexity index is 308. The Morgan fingerprint density at radius 2 is 1.87 bits per heavy atom. The van der Waals surface area contributed by atoms with Crippen LogP contribution < -0.4 is 16.4 Å². The van der Waals surface area contributed by atoms with Gasteiger partial charge in [-0.3, -0.25) is 0 Å². The van der Waals surface area contributed by atoms with Crippen LogP contribution in [0.25, 0.3) is 0 Å². The molecule has 0 saturated heterocycles. The maximum absolute atomic E-state index is 10.6. The molecule has 4 N–H and O–H groups in total. The van der Waals surface area contributed by atoms with Gasteiger partial charge in [-0.2, -0.15) is 0 Å². The van der Waals surface area contributed by atoms with Gasteiger partial charge in [-0.05, 0) is 30.7 Å². The Kier molecular flexibility index (Phi) is 4.47. The van der Waals surface area contributed by atoms with E-state index in [2.05, 4.69) is 17.6 Å². The van der Waals surface area contributed by atoms with E-state index in [1.807, 2.05) is 24.3 Å². The number of nitrogens with one attached hydrogen (secondary N) is 2. The van der Waals surface area contributed by atoms with Crippen LogP contribution in [-0.2, 0) is 0 Å². The molecule has 0 aliphatic carbocycles. The number of carbonyl (C=O) groups is 1. The molecule has 0 bridgehead atoms. The third-order valence-corrected chi connectivity index (χ3v) is 2.01. The molecule has 0 heterocycles. The first-order valence-electron chi connectivity index (χ1n) is 5.12. The van der Waals surface area contributed by atoms with E-state index in [0.717, 1.165) is 18.7 Å². The maximum atomic E-state index is 10.6. The minimum atomic E-state index is -0.540. The summed E-state index contributed by atoms with van der Waals surface area (Å²) in [6.07, 6.45) is 2.33. The number of rotatable bonds is 5. The highest BCUT2D eigenvalue weighted by Gasteiger charge is 1.95. The Morgan fingerprint density at radius 3 is 2.40 bits per heavy atom. The van der Waals surface area contributed by atoms with Crippen LogP contribution in [0.3, 0.4) is 0 Å². The van der Waals surface area contributed by atoms with Gasteiger partial charge in [0.05, 0.1) is 0 Å². The molecule has 4 heteroatoms. The lowest BCUT2D eigenvalue weighted by atomic mass is 10.2. The zero-order valence-corrected chi connectivity index (χ0v) is 8.92. The number of anilines is 2. The Balaban J connectivity index is 2.45. The van der Waals surface area contributed by atoms with Crippen molar-refractivity contribution in [2.75, 3.05) is 17.2 Å². The van der Waals surface area contributed by atoms with Gasteiger partial charge >= 0.3 is 6.03 Å². The zero-order valence-electron chi connectivity index (χ0n) is 8.92. The fraction of sp³-hybridized carbons (Fsp3) is 0.364. The van der Waals surface area contributed by atoms with Crippen LogP contribution in [0.2, 0.25) is 0 Å². The number of urea groups is 1. The van der Waals surface area contributed by atoms with Crippen molar-refractivity contribution in [2.45, 2.75) is 19.8 Å². The standard InChI is InChI=1S/C11H17N3O/c1-2-3-8-13-9-4-6-10(7-5-9)14-11(12)15/h4-7,13H,2-3,8H2,1H3,(H3,12,14,15). The van der Waals surface area contributed by atoms with Gasteiger partial charge in [-0.1, -0.05) is 13.3 Å². The van der Waals surface area contributed by atoms with Crippen LogP contribution in [0.4, 0.5) is 16.2 Å². The molecule has 0 aliphatic heterocycles. The SMILES string of the molecule is CCCCNc1ccc(NC(N)=O)cc1. The summed E-state index contributed by atoms with van der Waals surface area (Å²) in [6.45, 7) is 3.13. The molecule has 15 heavy (non-hydrogen) atoms. The molecule has 0 aromatic heterocycles. The van der Waals surface area contributed by atoms with Crippen molar-refractivity contribution in [2.24, 2.45) is 5.73 Å². The van der Waals surface area contributed by atoms with Gasteiger partial charge in [0.15, 0.2) is 0 Å². The van der Waals surface area contributed by atoms with Gasteiger partial charge in [0, 0.05) is 17.9 Å². The number of hydrogen-bond acceptors (Lipinski definition) is 2.